The molecule has 0 unspecified atom stereocenters. The summed E-state index contributed by atoms with van der Waals surface area (Å²) in [5.74, 6) is -0.118. The second-order valence-electron chi connectivity index (χ2n) is 5.93. The Morgan fingerprint density at radius 2 is 1.35 bits per heavy atom. The maximum absolute atomic E-state index is 11.2. The molecule has 174 valence electrons. The van der Waals surface area contributed by atoms with Crippen molar-refractivity contribution in [3.63, 3.8) is 0 Å². The number of aromatic nitrogens is 4. The molecule has 1 saturated heterocycles. The smallest absolute Gasteiger partial charge is 0.790 e. The van der Waals surface area contributed by atoms with Crippen LogP contribution < -0.4 is 212 Å². The second kappa shape index (κ2) is 19.9. The van der Waals surface area contributed by atoms with Gasteiger partial charge in [0.1, 0.15) is 30.2 Å². The first-order chi connectivity index (χ1) is 14.1. The van der Waals surface area contributed by atoms with Gasteiger partial charge in [-0.2, -0.15) is 0 Å². The van der Waals surface area contributed by atoms with Gasteiger partial charge in [-0.15, -0.1) is 0 Å². The maximum atomic E-state index is 11.2. The minimum absolute atomic E-state index is 0. The minimum Gasteiger partial charge on any atom is -0.790 e. The van der Waals surface area contributed by atoms with Crippen molar-refractivity contribution in [2.75, 3.05) is 12.3 Å². The summed E-state index contributed by atoms with van der Waals surface area (Å²) in [6, 6.07) is 0. The topological polar surface area (TPSA) is 296 Å². The van der Waals surface area contributed by atoms with Crippen LogP contribution in [-0.2, 0) is 32.0 Å². The summed E-state index contributed by atoms with van der Waals surface area (Å²) in [6.07, 6.45) is -6.10. The number of rotatable bonds is 8. The molecule has 0 aromatic carbocycles. The summed E-state index contributed by atoms with van der Waals surface area (Å²) in [7, 11) is -17.4. The molecular formula is C10H10N5Na6O13P3. The summed E-state index contributed by atoms with van der Waals surface area (Å²) in [6.45, 7) is -1.21. The second-order valence-corrected chi connectivity index (χ2v) is 9.29. The summed E-state index contributed by atoms with van der Waals surface area (Å²) in [5, 5.41) is 0. The Balaban J connectivity index is -0.000000907. The first-order valence-corrected chi connectivity index (χ1v) is 12.2. The third kappa shape index (κ3) is 15.0. The molecule has 0 bridgehead atoms. The van der Waals surface area contributed by atoms with Gasteiger partial charge >= 0.3 is 177 Å². The van der Waals surface area contributed by atoms with E-state index in [4.69, 9.17) is 10.5 Å². The van der Waals surface area contributed by atoms with Crippen LogP contribution in [0.1, 0.15) is 6.23 Å². The van der Waals surface area contributed by atoms with Crippen molar-refractivity contribution in [2.24, 2.45) is 0 Å². The van der Waals surface area contributed by atoms with Crippen LogP contribution in [0.15, 0.2) is 12.7 Å². The number of ether oxygens (including phenoxy) is 1. The number of phosphoric ester groups is 3. The van der Waals surface area contributed by atoms with Crippen LogP contribution in [-0.4, -0.2) is 44.4 Å². The third-order valence-corrected chi connectivity index (χ3v) is 5.31. The average molecular weight is 639 g/mol. The number of phosphoric acid groups is 3. The van der Waals surface area contributed by atoms with Crippen LogP contribution in [0.4, 0.5) is 5.82 Å². The Labute approximate surface area is 342 Å². The number of nitrogen functional groups attached to an aromatic ring is 1. The molecule has 1 aliphatic heterocycles. The van der Waals surface area contributed by atoms with E-state index in [2.05, 4.69) is 28.5 Å². The number of nitrogens with two attached hydrogens (primary N) is 1. The predicted molar refractivity (Wildman–Crippen MR) is 82.2 cm³/mol. The van der Waals surface area contributed by atoms with Gasteiger partial charge in [-0.05, 0) is 0 Å². The Morgan fingerprint density at radius 3 is 1.84 bits per heavy atom. The van der Waals surface area contributed by atoms with Gasteiger partial charge in [0.05, 0.1) is 36.4 Å². The molecule has 0 saturated carbocycles. The Bertz CT molecular complexity index is 1120. The molecule has 0 amide bonds. The van der Waals surface area contributed by atoms with Gasteiger partial charge in [0.15, 0.2) is 17.7 Å². The van der Waals surface area contributed by atoms with Crippen molar-refractivity contribution in [3.05, 3.63) is 12.7 Å². The first kappa shape index (κ1) is 48.5. The van der Waals surface area contributed by atoms with Crippen LogP contribution in [0.25, 0.3) is 11.2 Å². The van der Waals surface area contributed by atoms with Crippen LogP contribution in [0.5, 0.6) is 0 Å². The van der Waals surface area contributed by atoms with E-state index in [0.29, 0.717) is 0 Å². The third-order valence-electron chi connectivity index (χ3n) is 3.85. The Hall–Kier alpha value is 4.64. The monoisotopic (exact) mass is 639 g/mol. The van der Waals surface area contributed by atoms with Gasteiger partial charge in [0.2, 0.25) is 0 Å². The van der Waals surface area contributed by atoms with Gasteiger partial charge in [0.25, 0.3) is 0 Å². The number of nitrogens with zero attached hydrogens (tertiary/aromatic N) is 4. The number of hydrogen-bond acceptors (Lipinski definition) is 17. The minimum atomic E-state index is -5.88. The van der Waals surface area contributed by atoms with E-state index in [1.54, 1.807) is 0 Å². The van der Waals surface area contributed by atoms with Gasteiger partial charge in [-0.1, -0.05) is 0 Å². The fraction of sp³-hybridized carbons (Fsp3) is 0.500. The standard InChI is InChI=1S/C10H16N5O13P3.6Na/c11-8-5-9(13-2-12-8)15(3-14-5)10-7(28-31(22,23)24)6(27-30(19,20)21)4(26-10)1-25-29(16,17)18;;;;;;/h2-4,6-7,10H,1H2,(H2,11,12,13)(H2,16,17,18)(H2,19,20,21)(H2,22,23,24);;;;;;/q;6*+1/p-6/t4-,6-,7-,10-;;;;;;/m1....../s1. The molecule has 0 aliphatic carbocycles. The van der Waals surface area contributed by atoms with Gasteiger partial charge in [-0.25, -0.2) is 15.0 Å². The molecule has 1 aliphatic rings. The van der Waals surface area contributed by atoms with E-state index in [9.17, 15) is 43.1 Å². The van der Waals surface area contributed by atoms with Crippen molar-refractivity contribution in [2.45, 2.75) is 24.5 Å². The van der Waals surface area contributed by atoms with Crippen molar-refractivity contribution >= 4 is 40.4 Å². The Morgan fingerprint density at radius 1 is 0.838 bits per heavy atom. The molecule has 27 heteroatoms. The fourth-order valence-corrected chi connectivity index (χ4v) is 4.23. The maximum Gasteiger partial charge on any atom is 1.00 e. The first-order valence-electron chi connectivity index (χ1n) is 7.80. The summed E-state index contributed by atoms with van der Waals surface area (Å²) in [5.41, 5.74) is 5.50. The number of anilines is 1. The molecule has 0 spiro atoms. The van der Waals surface area contributed by atoms with Gasteiger partial charge in [-0.3, -0.25) is 4.57 Å². The van der Waals surface area contributed by atoms with E-state index < -0.39 is 54.6 Å². The molecule has 2 aromatic rings. The molecule has 0 radical (unpaired) electrons. The van der Waals surface area contributed by atoms with Crippen LogP contribution in [0.3, 0.4) is 0 Å². The normalized spacial score (nSPS) is 21.2. The fourth-order valence-electron chi connectivity index (χ4n) is 2.82. The van der Waals surface area contributed by atoms with Crippen molar-refractivity contribution in [1.29, 1.82) is 0 Å². The van der Waals surface area contributed by atoms with Gasteiger partial charge in [0, 0.05) is 0 Å². The van der Waals surface area contributed by atoms with Crippen molar-refractivity contribution in [3.8, 4) is 0 Å². The van der Waals surface area contributed by atoms with Gasteiger partial charge < -0.3 is 67.1 Å². The molecule has 3 rings (SSSR count). The molecule has 2 N–H and O–H groups in total. The summed E-state index contributed by atoms with van der Waals surface area (Å²) < 4.78 is 51.9. The molecule has 37 heavy (non-hydrogen) atoms. The molecule has 4 atom stereocenters. The largest absolute Gasteiger partial charge is 1.00 e. The number of hydrogen-bond donors (Lipinski definition) is 1. The summed E-state index contributed by atoms with van der Waals surface area (Å²) >= 11 is 0. The Kier molecular flexibility index (Phi) is 26.1. The zero-order valence-corrected chi connectivity index (χ0v) is 35.4. The number of fused-ring (bicyclic) bond motifs is 1. The van der Waals surface area contributed by atoms with Crippen LogP contribution >= 0.6 is 23.5 Å². The summed E-state index contributed by atoms with van der Waals surface area (Å²) in [4.78, 5) is 77.6. The van der Waals surface area contributed by atoms with E-state index in [1.807, 2.05) is 0 Å². The quantitative estimate of drug-likeness (QED) is 0.207. The SMILES string of the molecule is Nc1ncnc2c1ncn2[C@@H]1O[C@H](COP(=O)([O-])[O-])[C@@H](OP(=O)([O-])[O-])[C@H]1OP(=O)([O-])[O-].[Na+].[Na+].[Na+].[Na+].[Na+].[Na+]. The average Bonchev–Trinajstić information content (AvgIpc) is 3.13. The van der Waals surface area contributed by atoms with Crippen LogP contribution in [0, 0.1) is 0 Å². The molecule has 2 aromatic heterocycles. The molecule has 1 fully saturated rings. The van der Waals surface area contributed by atoms with Crippen LogP contribution in [0.2, 0.25) is 0 Å². The number of imidazole rings is 1. The molecule has 3 heterocycles. The van der Waals surface area contributed by atoms with E-state index in [0.717, 1.165) is 17.2 Å². The molecular weight excluding hydrogens is 629 g/mol. The van der Waals surface area contributed by atoms with E-state index in [1.165, 1.54) is 0 Å². The van der Waals surface area contributed by atoms with Crippen molar-refractivity contribution < 1.29 is 239 Å². The zero-order chi connectivity index (χ0) is 23.2. The van der Waals surface area contributed by atoms with Crippen molar-refractivity contribution in [1.82, 2.24) is 19.5 Å². The van der Waals surface area contributed by atoms with E-state index in [-0.39, 0.29) is 194 Å². The van der Waals surface area contributed by atoms with E-state index >= 15 is 0 Å². The molecule has 18 nitrogen and oxygen atoms in total. The zero-order valence-electron chi connectivity index (χ0n) is 20.7. The predicted octanol–water partition coefficient (Wildman–Crippen LogP) is -23.4.